The van der Waals surface area contributed by atoms with Crippen LogP contribution in [0.2, 0.25) is 0 Å². The Morgan fingerprint density at radius 1 is 1.48 bits per heavy atom. The molecule has 1 atom stereocenters. The predicted octanol–water partition coefficient (Wildman–Crippen LogP) is 0.624. The summed E-state index contributed by atoms with van der Waals surface area (Å²) in [7, 11) is 1.51. The molecular weight excluding hydrogens is 307 g/mol. The molecule has 2 rings (SSSR count). The predicted molar refractivity (Wildman–Crippen MR) is 78.3 cm³/mol. The molecule has 8 heteroatoms. The van der Waals surface area contributed by atoms with Crippen molar-refractivity contribution in [3.8, 4) is 0 Å². The molecule has 0 saturated carbocycles. The third-order valence-corrected chi connectivity index (χ3v) is 3.06. The minimum Gasteiger partial charge on any atom is -0.453 e. The van der Waals surface area contributed by atoms with Crippen LogP contribution < -0.4 is 5.32 Å². The van der Waals surface area contributed by atoms with Gasteiger partial charge in [0.1, 0.15) is 5.82 Å². The van der Waals surface area contributed by atoms with Crippen LogP contribution in [0, 0.1) is 5.82 Å². The van der Waals surface area contributed by atoms with Gasteiger partial charge in [0.05, 0.1) is 12.3 Å². The Morgan fingerprint density at radius 3 is 3.04 bits per heavy atom. The zero-order valence-electron chi connectivity index (χ0n) is 12.6. The maximum atomic E-state index is 13.2. The number of ether oxygens (including phenoxy) is 2. The summed E-state index contributed by atoms with van der Waals surface area (Å²) in [5.41, 5.74) is 0.994. The number of amides is 1. The molecule has 0 aliphatic carbocycles. The van der Waals surface area contributed by atoms with Gasteiger partial charge in [-0.15, -0.1) is 0 Å². The number of rotatable bonds is 7. The molecule has 1 amide bonds. The molecule has 0 aromatic heterocycles. The van der Waals surface area contributed by atoms with Crippen LogP contribution >= 0.6 is 0 Å². The molecule has 1 aromatic rings. The van der Waals surface area contributed by atoms with Crippen LogP contribution in [0.15, 0.2) is 29.4 Å². The lowest BCUT2D eigenvalue weighted by Gasteiger charge is -2.09. The summed E-state index contributed by atoms with van der Waals surface area (Å²) in [6.07, 6.45) is -0.770. The highest BCUT2D eigenvalue weighted by Crippen LogP contribution is 2.18. The highest BCUT2D eigenvalue weighted by atomic mass is 19.1. The molecule has 1 aromatic carbocycles. The fraction of sp³-hybridized carbons (Fsp3) is 0.400. The van der Waals surface area contributed by atoms with Gasteiger partial charge in [0, 0.05) is 25.6 Å². The summed E-state index contributed by atoms with van der Waals surface area (Å²) in [6.45, 7) is 0.299. The zero-order valence-corrected chi connectivity index (χ0v) is 12.6. The Morgan fingerprint density at radius 2 is 2.30 bits per heavy atom. The van der Waals surface area contributed by atoms with E-state index in [2.05, 4.69) is 10.5 Å². The summed E-state index contributed by atoms with van der Waals surface area (Å²) in [6, 6.07) is 5.83. The average Bonchev–Trinajstić information content (AvgIpc) is 3.03. The van der Waals surface area contributed by atoms with Crippen molar-refractivity contribution in [1.29, 1.82) is 0 Å². The Hall–Kier alpha value is -2.48. The molecular formula is C15H17FN2O5. The number of carbonyl (C=O) groups excluding carboxylic acids is 2. The van der Waals surface area contributed by atoms with Gasteiger partial charge in [0.15, 0.2) is 6.61 Å². The maximum absolute atomic E-state index is 13.2. The first-order valence-corrected chi connectivity index (χ1v) is 7.01. The van der Waals surface area contributed by atoms with Crippen molar-refractivity contribution in [2.75, 3.05) is 26.9 Å². The molecule has 0 radical (unpaired) electrons. The van der Waals surface area contributed by atoms with E-state index in [0.29, 0.717) is 24.4 Å². The molecule has 1 unspecified atom stereocenters. The molecule has 0 saturated heterocycles. The Balaban J connectivity index is 1.77. The average molecular weight is 324 g/mol. The number of hydrogen-bond donors (Lipinski definition) is 1. The lowest BCUT2D eigenvalue weighted by atomic mass is 10.1. The van der Waals surface area contributed by atoms with E-state index in [9.17, 15) is 14.0 Å². The van der Waals surface area contributed by atoms with Crippen LogP contribution in [0.3, 0.4) is 0 Å². The SMILES string of the molecule is COCCNC(=O)COC(=O)C1CC(c2cccc(F)c2)=NO1. The van der Waals surface area contributed by atoms with E-state index in [1.165, 1.54) is 19.2 Å². The largest absolute Gasteiger partial charge is 0.453 e. The normalized spacial score (nSPS) is 16.4. The third-order valence-electron chi connectivity index (χ3n) is 3.06. The minimum absolute atomic E-state index is 0.160. The summed E-state index contributed by atoms with van der Waals surface area (Å²) in [5, 5.41) is 6.29. The summed E-state index contributed by atoms with van der Waals surface area (Å²) >= 11 is 0. The van der Waals surface area contributed by atoms with Crippen LogP contribution in [0.25, 0.3) is 0 Å². The van der Waals surface area contributed by atoms with Crippen molar-refractivity contribution in [2.45, 2.75) is 12.5 Å². The minimum atomic E-state index is -0.931. The van der Waals surface area contributed by atoms with E-state index < -0.39 is 30.4 Å². The molecule has 1 aliphatic rings. The smallest absolute Gasteiger partial charge is 0.351 e. The standard InChI is InChI=1S/C15H17FN2O5/c1-21-6-5-17-14(19)9-22-15(20)13-8-12(18-23-13)10-3-2-4-11(16)7-10/h2-4,7,13H,5-6,8-9H2,1H3,(H,17,19). The highest BCUT2D eigenvalue weighted by molar-refractivity contribution is 6.03. The fourth-order valence-electron chi connectivity index (χ4n) is 1.92. The van der Waals surface area contributed by atoms with Crippen molar-refractivity contribution in [1.82, 2.24) is 5.32 Å². The van der Waals surface area contributed by atoms with Gasteiger partial charge in [0.2, 0.25) is 6.10 Å². The third kappa shape index (κ3) is 5.03. The number of nitrogens with one attached hydrogen (secondary N) is 1. The number of methoxy groups -OCH3 is 1. The second-order valence-corrected chi connectivity index (χ2v) is 4.80. The van der Waals surface area contributed by atoms with Crippen LogP contribution in [-0.4, -0.2) is 50.6 Å². The van der Waals surface area contributed by atoms with Gasteiger partial charge in [-0.05, 0) is 12.1 Å². The number of halogens is 1. The number of nitrogens with zero attached hydrogens (tertiary/aromatic N) is 1. The van der Waals surface area contributed by atoms with E-state index in [-0.39, 0.29) is 6.42 Å². The van der Waals surface area contributed by atoms with Crippen LogP contribution in [0.1, 0.15) is 12.0 Å². The van der Waals surface area contributed by atoms with Crippen molar-refractivity contribution >= 4 is 17.6 Å². The monoisotopic (exact) mass is 324 g/mol. The molecule has 0 spiro atoms. The molecule has 1 heterocycles. The van der Waals surface area contributed by atoms with E-state index in [0.717, 1.165) is 0 Å². The quantitative estimate of drug-likeness (QED) is 0.587. The number of benzene rings is 1. The van der Waals surface area contributed by atoms with Crippen LogP contribution in [0.5, 0.6) is 0 Å². The molecule has 0 fully saturated rings. The molecule has 0 bridgehead atoms. The number of hydrogen-bond acceptors (Lipinski definition) is 6. The lowest BCUT2D eigenvalue weighted by Crippen LogP contribution is -2.33. The maximum Gasteiger partial charge on any atom is 0.351 e. The van der Waals surface area contributed by atoms with Crippen molar-refractivity contribution < 1.29 is 28.3 Å². The zero-order chi connectivity index (χ0) is 16.7. The Labute approximate surface area is 132 Å². The van der Waals surface area contributed by atoms with E-state index in [1.54, 1.807) is 12.1 Å². The molecule has 1 aliphatic heterocycles. The summed E-state index contributed by atoms with van der Waals surface area (Å²) < 4.78 is 22.8. The van der Waals surface area contributed by atoms with Crippen LogP contribution in [0.4, 0.5) is 4.39 Å². The first-order chi connectivity index (χ1) is 11.1. The topological polar surface area (TPSA) is 86.2 Å². The van der Waals surface area contributed by atoms with Gasteiger partial charge in [-0.1, -0.05) is 17.3 Å². The van der Waals surface area contributed by atoms with E-state index >= 15 is 0 Å². The summed E-state index contributed by atoms with van der Waals surface area (Å²) in [5.74, 6) is -1.52. The second kappa shape index (κ2) is 8.23. The Kier molecular flexibility index (Phi) is 6.04. The lowest BCUT2D eigenvalue weighted by molar-refractivity contribution is -0.158. The van der Waals surface area contributed by atoms with Crippen molar-refractivity contribution in [3.63, 3.8) is 0 Å². The molecule has 7 nitrogen and oxygen atoms in total. The first-order valence-electron chi connectivity index (χ1n) is 7.01. The van der Waals surface area contributed by atoms with Crippen molar-refractivity contribution in [3.05, 3.63) is 35.6 Å². The van der Waals surface area contributed by atoms with Gasteiger partial charge in [0.25, 0.3) is 5.91 Å². The van der Waals surface area contributed by atoms with E-state index in [1.807, 2.05) is 0 Å². The van der Waals surface area contributed by atoms with Gasteiger partial charge in [-0.3, -0.25) is 4.79 Å². The first kappa shape index (κ1) is 16.9. The van der Waals surface area contributed by atoms with Crippen molar-refractivity contribution in [2.24, 2.45) is 5.16 Å². The van der Waals surface area contributed by atoms with Gasteiger partial charge in [-0.2, -0.15) is 0 Å². The number of esters is 1. The van der Waals surface area contributed by atoms with Crippen LogP contribution in [-0.2, 0) is 23.9 Å². The van der Waals surface area contributed by atoms with Gasteiger partial charge < -0.3 is 19.6 Å². The molecule has 23 heavy (non-hydrogen) atoms. The van der Waals surface area contributed by atoms with Gasteiger partial charge in [-0.25, -0.2) is 9.18 Å². The van der Waals surface area contributed by atoms with Gasteiger partial charge >= 0.3 is 5.97 Å². The fourth-order valence-corrected chi connectivity index (χ4v) is 1.92. The highest BCUT2D eigenvalue weighted by Gasteiger charge is 2.30. The molecule has 124 valence electrons. The molecule has 1 N–H and O–H groups in total. The number of oxime groups is 1. The van der Waals surface area contributed by atoms with E-state index in [4.69, 9.17) is 14.3 Å². The number of carbonyl (C=O) groups is 2. The summed E-state index contributed by atoms with van der Waals surface area (Å²) in [4.78, 5) is 28.2. The second-order valence-electron chi connectivity index (χ2n) is 4.80. The Bertz CT molecular complexity index is 605.